The molecule has 4 heterocycles. The molecule has 132 valence electrons. The number of nitrogens with one attached hydrogen (secondary N) is 1. The van der Waals surface area contributed by atoms with Gasteiger partial charge in [-0.3, -0.25) is 14.8 Å². The van der Waals surface area contributed by atoms with Crippen LogP contribution in [0, 0.1) is 0 Å². The zero-order valence-corrected chi connectivity index (χ0v) is 15.1. The lowest BCUT2D eigenvalue weighted by Crippen LogP contribution is -2.16. The van der Waals surface area contributed by atoms with Crippen LogP contribution in [0.4, 0.5) is 5.82 Å². The summed E-state index contributed by atoms with van der Waals surface area (Å²) < 4.78 is 0. The molecule has 0 fully saturated rings. The summed E-state index contributed by atoms with van der Waals surface area (Å²) >= 11 is 1.54. The minimum atomic E-state index is -0.161. The Morgan fingerprint density at radius 3 is 2.70 bits per heavy atom. The molecule has 7 heteroatoms. The number of hydrogen-bond acceptors (Lipinski definition) is 6. The van der Waals surface area contributed by atoms with E-state index in [2.05, 4.69) is 25.3 Å². The van der Waals surface area contributed by atoms with E-state index in [-0.39, 0.29) is 12.3 Å². The molecule has 4 aromatic rings. The Hall–Kier alpha value is -3.45. The lowest BCUT2D eigenvalue weighted by Gasteiger charge is -2.09. The average molecular weight is 373 g/mol. The molecule has 0 aliphatic rings. The highest BCUT2D eigenvalue weighted by atomic mass is 32.1. The fraction of sp³-hybridized carbons (Fsp3) is 0.0500. The van der Waals surface area contributed by atoms with Gasteiger partial charge in [-0.15, -0.1) is 11.3 Å². The van der Waals surface area contributed by atoms with E-state index in [4.69, 9.17) is 0 Å². The zero-order valence-electron chi connectivity index (χ0n) is 14.2. The van der Waals surface area contributed by atoms with Crippen molar-refractivity contribution in [1.82, 2.24) is 19.9 Å². The molecule has 4 rings (SSSR count). The normalized spacial score (nSPS) is 10.5. The van der Waals surface area contributed by atoms with E-state index < -0.39 is 0 Å². The Labute approximate surface area is 160 Å². The lowest BCUT2D eigenvalue weighted by atomic mass is 10.2. The molecule has 0 spiro atoms. The molecule has 0 aromatic carbocycles. The van der Waals surface area contributed by atoms with Crippen molar-refractivity contribution in [2.75, 3.05) is 5.32 Å². The maximum Gasteiger partial charge on any atom is 0.230 e. The first-order valence-corrected chi connectivity index (χ1v) is 9.19. The number of amides is 1. The van der Waals surface area contributed by atoms with Crippen molar-refractivity contribution in [2.24, 2.45) is 0 Å². The van der Waals surface area contributed by atoms with Crippen LogP contribution in [-0.4, -0.2) is 25.8 Å². The Kier molecular flexibility index (Phi) is 4.93. The SMILES string of the molecule is O=C(Cc1cccnc1)Nc1cc(-c2ccccn2)nc(-c2cccs2)n1. The van der Waals surface area contributed by atoms with Crippen LogP contribution < -0.4 is 5.32 Å². The number of hydrogen-bond donors (Lipinski definition) is 1. The largest absolute Gasteiger partial charge is 0.310 e. The van der Waals surface area contributed by atoms with Crippen molar-refractivity contribution < 1.29 is 4.79 Å². The van der Waals surface area contributed by atoms with Gasteiger partial charge in [-0.25, -0.2) is 9.97 Å². The van der Waals surface area contributed by atoms with Crippen LogP contribution in [0.5, 0.6) is 0 Å². The van der Waals surface area contributed by atoms with E-state index in [1.165, 1.54) is 0 Å². The smallest absolute Gasteiger partial charge is 0.230 e. The standard InChI is InChI=1S/C20H15N5OS/c26-19(11-14-5-3-8-21-13-14)24-18-12-16(15-6-1-2-9-22-15)23-20(25-18)17-7-4-10-27-17/h1-10,12-13H,11H2,(H,23,24,25,26). The minimum absolute atomic E-state index is 0.161. The first-order chi connectivity index (χ1) is 13.3. The van der Waals surface area contributed by atoms with Gasteiger partial charge in [0.25, 0.3) is 0 Å². The van der Waals surface area contributed by atoms with E-state index in [1.807, 2.05) is 41.8 Å². The monoisotopic (exact) mass is 373 g/mol. The van der Waals surface area contributed by atoms with Gasteiger partial charge in [0.05, 0.1) is 22.7 Å². The van der Waals surface area contributed by atoms with Gasteiger partial charge in [0.2, 0.25) is 5.91 Å². The topological polar surface area (TPSA) is 80.7 Å². The molecule has 1 N–H and O–H groups in total. The summed E-state index contributed by atoms with van der Waals surface area (Å²) in [5.74, 6) is 0.846. The number of rotatable bonds is 5. The molecule has 0 aliphatic carbocycles. The van der Waals surface area contributed by atoms with Crippen LogP contribution in [0.15, 0.2) is 72.5 Å². The zero-order chi connectivity index (χ0) is 18.5. The summed E-state index contributed by atoms with van der Waals surface area (Å²) in [6.07, 6.45) is 5.29. The summed E-state index contributed by atoms with van der Waals surface area (Å²) in [6, 6.07) is 14.9. The van der Waals surface area contributed by atoms with Gasteiger partial charge in [0.15, 0.2) is 5.82 Å². The maximum atomic E-state index is 12.4. The van der Waals surface area contributed by atoms with Gasteiger partial charge in [-0.05, 0) is 35.2 Å². The van der Waals surface area contributed by atoms with Crippen molar-refractivity contribution in [3.05, 3.63) is 78.1 Å². The van der Waals surface area contributed by atoms with Crippen molar-refractivity contribution in [1.29, 1.82) is 0 Å². The predicted octanol–water partition coefficient (Wildman–Crippen LogP) is 3.84. The second-order valence-corrected chi connectivity index (χ2v) is 6.69. The summed E-state index contributed by atoms with van der Waals surface area (Å²) in [5.41, 5.74) is 2.22. The van der Waals surface area contributed by atoms with Gasteiger partial charge in [0.1, 0.15) is 5.82 Å². The van der Waals surface area contributed by atoms with Crippen LogP contribution in [0.2, 0.25) is 0 Å². The summed E-state index contributed by atoms with van der Waals surface area (Å²) in [6.45, 7) is 0. The third kappa shape index (κ3) is 4.21. The summed E-state index contributed by atoms with van der Waals surface area (Å²) in [7, 11) is 0. The van der Waals surface area contributed by atoms with Crippen LogP contribution in [0.25, 0.3) is 22.1 Å². The lowest BCUT2D eigenvalue weighted by molar-refractivity contribution is -0.115. The molecule has 0 bridgehead atoms. The van der Waals surface area contributed by atoms with Crippen molar-refractivity contribution in [3.8, 4) is 22.1 Å². The Morgan fingerprint density at radius 1 is 1.00 bits per heavy atom. The average Bonchev–Trinajstić information content (AvgIpc) is 3.24. The van der Waals surface area contributed by atoms with Crippen LogP contribution in [0.3, 0.4) is 0 Å². The number of anilines is 1. The highest BCUT2D eigenvalue weighted by molar-refractivity contribution is 7.13. The number of nitrogens with zero attached hydrogens (tertiary/aromatic N) is 4. The van der Waals surface area contributed by atoms with Crippen LogP contribution in [-0.2, 0) is 11.2 Å². The summed E-state index contributed by atoms with van der Waals surface area (Å²) in [4.78, 5) is 30.8. The van der Waals surface area contributed by atoms with Gasteiger partial charge in [-0.2, -0.15) is 0 Å². The van der Waals surface area contributed by atoms with Gasteiger partial charge >= 0.3 is 0 Å². The second-order valence-electron chi connectivity index (χ2n) is 5.74. The van der Waals surface area contributed by atoms with E-state index in [0.29, 0.717) is 17.3 Å². The fourth-order valence-electron chi connectivity index (χ4n) is 2.55. The Bertz CT molecular complexity index is 1040. The van der Waals surface area contributed by atoms with E-state index >= 15 is 0 Å². The molecule has 0 atom stereocenters. The quantitative estimate of drug-likeness (QED) is 0.575. The van der Waals surface area contributed by atoms with Gasteiger partial charge < -0.3 is 5.32 Å². The van der Waals surface area contributed by atoms with Crippen LogP contribution >= 0.6 is 11.3 Å². The van der Waals surface area contributed by atoms with Crippen molar-refractivity contribution in [3.63, 3.8) is 0 Å². The number of aromatic nitrogens is 4. The Morgan fingerprint density at radius 2 is 1.96 bits per heavy atom. The van der Waals surface area contributed by atoms with Crippen molar-refractivity contribution in [2.45, 2.75) is 6.42 Å². The predicted molar refractivity (Wildman–Crippen MR) is 105 cm³/mol. The Balaban J connectivity index is 1.65. The molecule has 0 radical (unpaired) electrons. The first kappa shape index (κ1) is 17.0. The first-order valence-electron chi connectivity index (χ1n) is 8.31. The molecule has 1 amide bonds. The molecular weight excluding hydrogens is 358 g/mol. The molecule has 4 aromatic heterocycles. The minimum Gasteiger partial charge on any atom is -0.310 e. The molecular formula is C20H15N5OS. The number of carbonyl (C=O) groups is 1. The number of carbonyl (C=O) groups excluding carboxylic acids is 1. The highest BCUT2D eigenvalue weighted by Gasteiger charge is 2.12. The molecule has 0 aliphatic heterocycles. The van der Waals surface area contributed by atoms with Gasteiger partial charge in [-0.1, -0.05) is 18.2 Å². The molecule has 6 nitrogen and oxygen atoms in total. The van der Waals surface area contributed by atoms with E-state index in [1.54, 1.807) is 42.1 Å². The number of pyridine rings is 2. The van der Waals surface area contributed by atoms with E-state index in [0.717, 1.165) is 16.1 Å². The van der Waals surface area contributed by atoms with E-state index in [9.17, 15) is 4.79 Å². The van der Waals surface area contributed by atoms with Gasteiger partial charge in [0, 0.05) is 24.7 Å². The van der Waals surface area contributed by atoms with Crippen LogP contribution in [0.1, 0.15) is 5.56 Å². The molecule has 0 unspecified atom stereocenters. The molecule has 0 saturated carbocycles. The van der Waals surface area contributed by atoms with Crippen molar-refractivity contribution >= 4 is 23.1 Å². The molecule has 27 heavy (non-hydrogen) atoms. The maximum absolute atomic E-state index is 12.4. The third-order valence-electron chi connectivity index (χ3n) is 3.75. The summed E-state index contributed by atoms with van der Waals surface area (Å²) in [5, 5.41) is 4.83. The fourth-order valence-corrected chi connectivity index (χ4v) is 3.21. The second kappa shape index (κ2) is 7.84. The highest BCUT2D eigenvalue weighted by Crippen LogP contribution is 2.26. The molecule has 0 saturated heterocycles. The third-order valence-corrected chi connectivity index (χ3v) is 4.62. The number of thiophene rings is 1.